The number of halogens is 1. The molecule has 0 bridgehead atoms. The van der Waals surface area contributed by atoms with Gasteiger partial charge in [0.1, 0.15) is 16.7 Å². The van der Waals surface area contributed by atoms with Crippen LogP contribution in [0.4, 0.5) is 11.4 Å². The van der Waals surface area contributed by atoms with E-state index in [1.165, 1.54) is 26.0 Å². The van der Waals surface area contributed by atoms with Gasteiger partial charge in [0, 0.05) is 23.1 Å². The zero-order valence-corrected chi connectivity index (χ0v) is 21.5. The van der Waals surface area contributed by atoms with E-state index in [4.69, 9.17) is 21.1 Å². The molecule has 3 aromatic rings. The van der Waals surface area contributed by atoms with Crippen LogP contribution in [-0.2, 0) is 9.59 Å². The number of hydrogen-bond acceptors (Lipinski definition) is 5. The van der Waals surface area contributed by atoms with Crippen molar-refractivity contribution in [1.82, 2.24) is 0 Å². The summed E-state index contributed by atoms with van der Waals surface area (Å²) in [6.07, 6.45) is 2.33. The third-order valence-corrected chi connectivity index (χ3v) is 6.78. The summed E-state index contributed by atoms with van der Waals surface area (Å²) in [6, 6.07) is 20.3. The number of anilines is 2. The molecule has 184 valence electrons. The lowest BCUT2D eigenvalue weighted by Gasteiger charge is -2.19. The van der Waals surface area contributed by atoms with Crippen molar-refractivity contribution >= 4 is 46.6 Å². The molecule has 35 heavy (non-hydrogen) atoms. The van der Waals surface area contributed by atoms with E-state index in [0.29, 0.717) is 28.6 Å². The second-order valence-corrected chi connectivity index (χ2v) is 9.35. The Morgan fingerprint density at radius 2 is 1.63 bits per heavy atom. The highest BCUT2D eigenvalue weighted by Gasteiger charge is 2.24. The Morgan fingerprint density at radius 3 is 2.26 bits per heavy atom. The number of ether oxygens (including phenoxy) is 2. The van der Waals surface area contributed by atoms with Gasteiger partial charge in [-0.15, -0.1) is 11.8 Å². The van der Waals surface area contributed by atoms with Crippen molar-refractivity contribution in [3.63, 3.8) is 0 Å². The third kappa shape index (κ3) is 7.41. The number of thioether (sulfide) groups is 1. The van der Waals surface area contributed by atoms with E-state index in [1.807, 2.05) is 54.6 Å². The van der Waals surface area contributed by atoms with Crippen molar-refractivity contribution in [2.45, 2.75) is 36.3 Å². The summed E-state index contributed by atoms with van der Waals surface area (Å²) in [5, 5.41) is 5.68. The predicted molar refractivity (Wildman–Crippen MR) is 143 cm³/mol. The highest BCUT2D eigenvalue weighted by molar-refractivity contribution is 8.00. The van der Waals surface area contributed by atoms with Crippen LogP contribution in [0, 0.1) is 0 Å². The molecule has 1 unspecified atom stereocenters. The Hall–Kier alpha value is -3.16. The van der Waals surface area contributed by atoms with Crippen LogP contribution in [0.2, 0.25) is 5.02 Å². The molecule has 0 radical (unpaired) electrons. The SMILES string of the molecule is CCCCC(=O)Nc1ccc(SC(C(=O)Nc2cc(Cl)c(OC)cc2OC)c2ccccc2)cc1. The number of amides is 2. The Kier molecular flexibility index (Phi) is 9.87. The first-order valence-corrected chi connectivity index (χ1v) is 12.5. The largest absolute Gasteiger partial charge is 0.495 e. The summed E-state index contributed by atoms with van der Waals surface area (Å²) in [5.41, 5.74) is 2.04. The predicted octanol–water partition coefficient (Wildman–Crippen LogP) is 6.96. The molecule has 0 aliphatic carbocycles. The molecule has 1 atom stereocenters. The fraction of sp³-hybridized carbons (Fsp3) is 0.259. The number of benzene rings is 3. The zero-order valence-electron chi connectivity index (χ0n) is 20.0. The summed E-state index contributed by atoms with van der Waals surface area (Å²) >= 11 is 7.69. The molecule has 0 fully saturated rings. The Labute approximate surface area is 215 Å². The van der Waals surface area contributed by atoms with Gasteiger partial charge in [-0.25, -0.2) is 0 Å². The first-order valence-electron chi connectivity index (χ1n) is 11.3. The Balaban J connectivity index is 1.80. The lowest BCUT2D eigenvalue weighted by Crippen LogP contribution is -2.19. The molecule has 0 saturated heterocycles. The summed E-state index contributed by atoms with van der Waals surface area (Å²) < 4.78 is 10.7. The van der Waals surface area contributed by atoms with Gasteiger partial charge in [0.25, 0.3) is 0 Å². The summed E-state index contributed by atoms with van der Waals surface area (Å²) in [7, 11) is 3.03. The van der Waals surface area contributed by atoms with Crippen LogP contribution in [0.3, 0.4) is 0 Å². The van der Waals surface area contributed by atoms with E-state index in [2.05, 4.69) is 17.6 Å². The maximum Gasteiger partial charge on any atom is 0.242 e. The van der Waals surface area contributed by atoms with E-state index >= 15 is 0 Å². The zero-order chi connectivity index (χ0) is 25.2. The number of carbonyl (C=O) groups is 2. The van der Waals surface area contributed by atoms with Gasteiger partial charge >= 0.3 is 0 Å². The average Bonchev–Trinajstić information content (AvgIpc) is 2.87. The molecular formula is C27H29ClN2O4S. The minimum atomic E-state index is -0.535. The van der Waals surface area contributed by atoms with E-state index in [-0.39, 0.29) is 11.8 Å². The van der Waals surface area contributed by atoms with Crippen LogP contribution in [0.5, 0.6) is 11.5 Å². The summed E-state index contributed by atoms with van der Waals surface area (Å²) in [6.45, 7) is 2.05. The highest BCUT2D eigenvalue weighted by atomic mass is 35.5. The van der Waals surface area contributed by atoms with Gasteiger partial charge in [0.15, 0.2) is 0 Å². The summed E-state index contributed by atoms with van der Waals surface area (Å²) in [5.74, 6) is 0.676. The van der Waals surface area contributed by atoms with Crippen LogP contribution >= 0.6 is 23.4 Å². The molecule has 2 N–H and O–H groups in total. The van der Waals surface area contributed by atoms with E-state index < -0.39 is 5.25 Å². The van der Waals surface area contributed by atoms with Gasteiger partial charge in [-0.3, -0.25) is 9.59 Å². The number of methoxy groups -OCH3 is 2. The number of nitrogens with one attached hydrogen (secondary N) is 2. The monoisotopic (exact) mass is 512 g/mol. The van der Waals surface area contributed by atoms with Crippen LogP contribution in [-0.4, -0.2) is 26.0 Å². The third-order valence-electron chi connectivity index (χ3n) is 5.22. The molecule has 3 aromatic carbocycles. The van der Waals surface area contributed by atoms with Crippen molar-refractivity contribution in [2.75, 3.05) is 24.9 Å². The van der Waals surface area contributed by atoms with Crippen molar-refractivity contribution in [3.8, 4) is 11.5 Å². The lowest BCUT2D eigenvalue weighted by molar-refractivity contribution is -0.116. The van der Waals surface area contributed by atoms with Crippen LogP contribution in [0.1, 0.15) is 37.0 Å². The highest BCUT2D eigenvalue weighted by Crippen LogP contribution is 2.40. The normalized spacial score (nSPS) is 11.4. The topological polar surface area (TPSA) is 76.7 Å². The van der Waals surface area contributed by atoms with E-state index in [1.54, 1.807) is 12.1 Å². The minimum absolute atomic E-state index is 0.000826. The van der Waals surface area contributed by atoms with E-state index in [0.717, 1.165) is 29.0 Å². The van der Waals surface area contributed by atoms with Crippen molar-refractivity contribution < 1.29 is 19.1 Å². The second-order valence-electron chi connectivity index (χ2n) is 7.76. The van der Waals surface area contributed by atoms with Gasteiger partial charge < -0.3 is 20.1 Å². The maximum absolute atomic E-state index is 13.4. The first-order chi connectivity index (χ1) is 16.9. The van der Waals surface area contributed by atoms with Gasteiger partial charge in [-0.2, -0.15) is 0 Å². The second kappa shape index (κ2) is 13.1. The van der Waals surface area contributed by atoms with Gasteiger partial charge in [0.05, 0.1) is 24.9 Å². The Morgan fingerprint density at radius 1 is 0.943 bits per heavy atom. The number of rotatable bonds is 11. The van der Waals surface area contributed by atoms with Crippen molar-refractivity contribution in [1.29, 1.82) is 0 Å². The molecule has 0 aliphatic heterocycles. The number of hydrogen-bond donors (Lipinski definition) is 2. The van der Waals surface area contributed by atoms with Crippen LogP contribution in [0.25, 0.3) is 0 Å². The standard InChI is InChI=1S/C27H29ClN2O4S/c1-4-5-11-25(31)29-19-12-14-20(15-13-19)35-26(18-9-7-6-8-10-18)27(32)30-22-16-21(28)23(33-2)17-24(22)34-3/h6-10,12-17,26H,4-5,11H2,1-3H3,(H,29,31)(H,30,32). The smallest absolute Gasteiger partial charge is 0.242 e. The molecule has 2 amide bonds. The fourth-order valence-corrected chi connectivity index (χ4v) is 4.64. The number of unbranched alkanes of at least 4 members (excludes halogenated alkanes) is 1. The molecule has 0 aliphatic rings. The van der Waals surface area contributed by atoms with Gasteiger partial charge in [-0.1, -0.05) is 55.3 Å². The minimum Gasteiger partial charge on any atom is -0.495 e. The molecule has 3 rings (SSSR count). The molecule has 0 heterocycles. The van der Waals surface area contributed by atoms with E-state index in [9.17, 15) is 9.59 Å². The first kappa shape index (κ1) is 26.4. The Bertz CT molecular complexity index is 1140. The molecule has 0 saturated carbocycles. The molecule has 8 heteroatoms. The summed E-state index contributed by atoms with van der Waals surface area (Å²) in [4.78, 5) is 26.3. The average molecular weight is 513 g/mol. The fourth-order valence-electron chi connectivity index (χ4n) is 3.37. The number of carbonyl (C=O) groups excluding carboxylic acids is 2. The molecule has 0 spiro atoms. The van der Waals surface area contributed by atoms with Crippen molar-refractivity contribution in [3.05, 3.63) is 77.3 Å². The lowest BCUT2D eigenvalue weighted by atomic mass is 10.1. The molecule has 6 nitrogen and oxygen atoms in total. The van der Waals surface area contributed by atoms with Crippen molar-refractivity contribution in [2.24, 2.45) is 0 Å². The maximum atomic E-state index is 13.4. The molecular weight excluding hydrogens is 484 g/mol. The van der Waals surface area contributed by atoms with Gasteiger partial charge in [-0.05, 0) is 42.3 Å². The van der Waals surface area contributed by atoms with Gasteiger partial charge in [0.2, 0.25) is 11.8 Å². The van der Waals surface area contributed by atoms with Crippen LogP contribution < -0.4 is 20.1 Å². The molecule has 0 aromatic heterocycles. The van der Waals surface area contributed by atoms with Crippen LogP contribution in [0.15, 0.2) is 71.6 Å². The quantitative estimate of drug-likeness (QED) is 0.272.